The molecular weight excluding hydrogens is 248 g/mol. The van der Waals surface area contributed by atoms with E-state index in [1.165, 1.54) is 21.2 Å². The molecule has 78 valence electrons. The van der Waals surface area contributed by atoms with Crippen molar-refractivity contribution in [3.8, 4) is 0 Å². The smallest absolute Gasteiger partial charge is 0.0256 e. The first-order chi connectivity index (χ1) is 7.16. The lowest BCUT2D eigenvalue weighted by atomic mass is 9.94. The molecule has 1 aromatic rings. The van der Waals surface area contributed by atoms with Crippen LogP contribution in [0.3, 0.4) is 0 Å². The molecule has 0 amide bonds. The predicted octanol–water partition coefficient (Wildman–Crippen LogP) is 4.74. The average molecular weight is 263 g/mol. The van der Waals surface area contributed by atoms with E-state index in [1.54, 1.807) is 0 Å². The Kier molecular flexibility index (Phi) is 3.11. The minimum atomic E-state index is 0.679. The Balaban J connectivity index is 2.35. The van der Waals surface area contributed by atoms with E-state index in [-0.39, 0.29) is 0 Å². The molecule has 0 N–H and O–H groups in total. The van der Waals surface area contributed by atoms with Gasteiger partial charge in [-0.05, 0) is 42.0 Å². The Labute approximate surface area is 99.8 Å². The van der Waals surface area contributed by atoms with E-state index in [1.807, 2.05) is 0 Å². The maximum Gasteiger partial charge on any atom is 0.0256 e. The number of halogens is 1. The SMILES string of the molecule is Cc1ccc(C2=CCC(C)C=C2)c(Br)c1. The van der Waals surface area contributed by atoms with E-state index in [2.05, 4.69) is 66.2 Å². The molecule has 0 saturated heterocycles. The monoisotopic (exact) mass is 262 g/mol. The van der Waals surface area contributed by atoms with Gasteiger partial charge >= 0.3 is 0 Å². The Bertz CT molecular complexity index is 427. The van der Waals surface area contributed by atoms with Gasteiger partial charge in [-0.3, -0.25) is 0 Å². The molecule has 1 heteroatoms. The van der Waals surface area contributed by atoms with Crippen molar-refractivity contribution in [2.75, 3.05) is 0 Å². The summed E-state index contributed by atoms with van der Waals surface area (Å²) in [6.07, 6.45) is 7.97. The second kappa shape index (κ2) is 4.36. The van der Waals surface area contributed by atoms with Crippen LogP contribution in [0.4, 0.5) is 0 Å². The predicted molar refractivity (Wildman–Crippen MR) is 69.8 cm³/mol. The third kappa shape index (κ3) is 2.40. The fourth-order valence-electron chi connectivity index (χ4n) is 1.78. The van der Waals surface area contributed by atoms with E-state index in [4.69, 9.17) is 0 Å². The van der Waals surface area contributed by atoms with Gasteiger partial charge in [0.05, 0.1) is 0 Å². The van der Waals surface area contributed by atoms with Crippen molar-refractivity contribution in [1.82, 2.24) is 0 Å². The number of hydrogen-bond donors (Lipinski definition) is 0. The maximum absolute atomic E-state index is 3.62. The van der Waals surface area contributed by atoms with Gasteiger partial charge in [-0.1, -0.05) is 53.2 Å². The Morgan fingerprint density at radius 1 is 1.33 bits per heavy atom. The van der Waals surface area contributed by atoms with Crippen LogP contribution in [-0.4, -0.2) is 0 Å². The highest BCUT2D eigenvalue weighted by molar-refractivity contribution is 9.10. The molecular formula is C14H15Br. The summed E-state index contributed by atoms with van der Waals surface area (Å²) in [5.41, 5.74) is 3.92. The number of benzene rings is 1. The fraction of sp³-hybridized carbons (Fsp3) is 0.286. The van der Waals surface area contributed by atoms with Crippen molar-refractivity contribution < 1.29 is 0 Å². The minimum Gasteiger partial charge on any atom is -0.0808 e. The zero-order valence-corrected chi connectivity index (χ0v) is 10.7. The van der Waals surface area contributed by atoms with Crippen LogP contribution in [0.1, 0.15) is 24.5 Å². The number of rotatable bonds is 1. The summed E-state index contributed by atoms with van der Waals surface area (Å²) in [4.78, 5) is 0. The fourth-order valence-corrected chi connectivity index (χ4v) is 2.50. The molecule has 1 aliphatic rings. The van der Waals surface area contributed by atoms with Crippen molar-refractivity contribution in [3.05, 3.63) is 52.0 Å². The first-order valence-corrected chi connectivity index (χ1v) is 6.11. The molecule has 0 fully saturated rings. The van der Waals surface area contributed by atoms with Crippen molar-refractivity contribution in [2.24, 2.45) is 5.92 Å². The molecule has 0 radical (unpaired) electrons. The van der Waals surface area contributed by atoms with Gasteiger partial charge in [0.15, 0.2) is 0 Å². The molecule has 0 saturated carbocycles. The van der Waals surface area contributed by atoms with Gasteiger partial charge < -0.3 is 0 Å². The van der Waals surface area contributed by atoms with E-state index in [9.17, 15) is 0 Å². The van der Waals surface area contributed by atoms with Crippen LogP contribution in [0, 0.1) is 12.8 Å². The van der Waals surface area contributed by atoms with Crippen LogP contribution in [0.2, 0.25) is 0 Å². The van der Waals surface area contributed by atoms with Crippen LogP contribution < -0.4 is 0 Å². The summed E-state index contributed by atoms with van der Waals surface area (Å²) < 4.78 is 1.19. The molecule has 0 aromatic heterocycles. The zero-order valence-electron chi connectivity index (χ0n) is 9.13. The van der Waals surface area contributed by atoms with Gasteiger partial charge in [-0.15, -0.1) is 0 Å². The molecule has 0 nitrogen and oxygen atoms in total. The Morgan fingerprint density at radius 3 is 2.73 bits per heavy atom. The van der Waals surface area contributed by atoms with Gasteiger partial charge in [-0.2, -0.15) is 0 Å². The van der Waals surface area contributed by atoms with Crippen LogP contribution in [-0.2, 0) is 0 Å². The summed E-state index contributed by atoms with van der Waals surface area (Å²) in [6.45, 7) is 4.36. The van der Waals surface area contributed by atoms with Crippen molar-refractivity contribution in [2.45, 2.75) is 20.3 Å². The van der Waals surface area contributed by atoms with Gasteiger partial charge in [0.1, 0.15) is 0 Å². The summed E-state index contributed by atoms with van der Waals surface area (Å²) in [6, 6.07) is 6.51. The first-order valence-electron chi connectivity index (χ1n) is 5.31. The highest BCUT2D eigenvalue weighted by Gasteiger charge is 2.08. The number of aryl methyl sites for hydroxylation is 1. The summed E-state index contributed by atoms with van der Waals surface area (Å²) in [5.74, 6) is 0.679. The van der Waals surface area contributed by atoms with E-state index < -0.39 is 0 Å². The average Bonchev–Trinajstić information content (AvgIpc) is 2.20. The lowest BCUT2D eigenvalue weighted by molar-refractivity contribution is 0.739. The topological polar surface area (TPSA) is 0 Å². The van der Waals surface area contributed by atoms with Crippen LogP contribution in [0.15, 0.2) is 40.9 Å². The van der Waals surface area contributed by atoms with Crippen LogP contribution in [0.5, 0.6) is 0 Å². The number of hydrogen-bond acceptors (Lipinski definition) is 0. The zero-order chi connectivity index (χ0) is 10.8. The van der Waals surface area contributed by atoms with Crippen LogP contribution >= 0.6 is 15.9 Å². The third-order valence-electron chi connectivity index (χ3n) is 2.75. The quantitative estimate of drug-likeness (QED) is 0.686. The molecule has 1 unspecified atom stereocenters. The van der Waals surface area contributed by atoms with Gasteiger partial charge in [0.2, 0.25) is 0 Å². The molecule has 0 spiro atoms. The first kappa shape index (κ1) is 10.7. The van der Waals surface area contributed by atoms with E-state index >= 15 is 0 Å². The molecule has 2 rings (SSSR count). The van der Waals surface area contributed by atoms with Crippen molar-refractivity contribution in [3.63, 3.8) is 0 Å². The summed E-state index contributed by atoms with van der Waals surface area (Å²) >= 11 is 3.62. The summed E-state index contributed by atoms with van der Waals surface area (Å²) in [7, 11) is 0. The van der Waals surface area contributed by atoms with Crippen molar-refractivity contribution in [1.29, 1.82) is 0 Å². The minimum absolute atomic E-state index is 0.679. The standard InChI is InChI=1S/C14H15Br/c1-10-3-6-12(7-4-10)13-8-5-11(2)9-14(13)15/h3,5-10H,4H2,1-2H3. The molecule has 1 atom stereocenters. The molecule has 0 heterocycles. The normalized spacial score (nSPS) is 20.2. The van der Waals surface area contributed by atoms with Crippen LogP contribution in [0.25, 0.3) is 5.57 Å². The van der Waals surface area contributed by atoms with Crippen molar-refractivity contribution >= 4 is 21.5 Å². The Morgan fingerprint density at radius 2 is 2.13 bits per heavy atom. The second-order valence-corrected chi connectivity index (χ2v) is 5.07. The van der Waals surface area contributed by atoms with Gasteiger partial charge in [0, 0.05) is 4.47 Å². The van der Waals surface area contributed by atoms with E-state index in [0.717, 1.165) is 6.42 Å². The molecule has 0 bridgehead atoms. The van der Waals surface area contributed by atoms with E-state index in [0.29, 0.717) is 5.92 Å². The summed E-state index contributed by atoms with van der Waals surface area (Å²) in [5, 5.41) is 0. The molecule has 15 heavy (non-hydrogen) atoms. The second-order valence-electron chi connectivity index (χ2n) is 4.21. The molecule has 1 aliphatic carbocycles. The lowest BCUT2D eigenvalue weighted by Gasteiger charge is -2.13. The Hall–Kier alpha value is -0.820. The third-order valence-corrected chi connectivity index (χ3v) is 3.41. The maximum atomic E-state index is 3.62. The highest BCUT2D eigenvalue weighted by atomic mass is 79.9. The van der Waals surface area contributed by atoms with Gasteiger partial charge in [0.25, 0.3) is 0 Å². The number of allylic oxidation sites excluding steroid dienone is 4. The molecule has 0 aliphatic heterocycles. The van der Waals surface area contributed by atoms with Gasteiger partial charge in [-0.25, -0.2) is 0 Å². The highest BCUT2D eigenvalue weighted by Crippen LogP contribution is 2.29. The molecule has 1 aromatic carbocycles. The lowest BCUT2D eigenvalue weighted by Crippen LogP contribution is -1.95. The largest absolute Gasteiger partial charge is 0.0808 e.